The Kier molecular flexibility index (Phi) is 4.83. The third-order valence-corrected chi connectivity index (χ3v) is 3.31. The van der Waals surface area contributed by atoms with Gasteiger partial charge in [-0.1, -0.05) is 36.4 Å². The fourth-order valence-electron chi connectivity index (χ4n) is 2.25. The van der Waals surface area contributed by atoms with Crippen LogP contribution in [0.15, 0.2) is 60.7 Å². The zero-order chi connectivity index (χ0) is 14.4. The number of methoxy groups -OCH3 is 2. The molecular weight excluding hydrogens is 248 g/mol. The van der Waals surface area contributed by atoms with Crippen LogP contribution < -0.4 is 9.47 Å². The third kappa shape index (κ3) is 3.21. The Morgan fingerprint density at radius 1 is 0.850 bits per heavy atom. The summed E-state index contributed by atoms with van der Waals surface area (Å²) < 4.78 is 10.5. The zero-order valence-corrected chi connectivity index (χ0v) is 12.2. The Hall–Kier alpha value is -2.22. The first-order chi connectivity index (χ1) is 9.78. The van der Waals surface area contributed by atoms with E-state index >= 15 is 0 Å². The van der Waals surface area contributed by atoms with Crippen LogP contribution in [-0.4, -0.2) is 14.2 Å². The summed E-state index contributed by atoms with van der Waals surface area (Å²) in [6, 6.07) is 16.4. The van der Waals surface area contributed by atoms with Crippen LogP contribution in [-0.2, 0) is 0 Å². The molecule has 0 saturated carbocycles. The van der Waals surface area contributed by atoms with Gasteiger partial charge in [-0.25, -0.2) is 0 Å². The standard InChI is InChI=1S/C18H20O2/c1-4-6-18(14-9-11-16(19-2)12-10-14)15-7-5-8-17(13-15)20-3/h4-13,18H,1-3H3. The van der Waals surface area contributed by atoms with Crippen LogP contribution in [0.4, 0.5) is 0 Å². The minimum atomic E-state index is 0.223. The van der Waals surface area contributed by atoms with Gasteiger partial charge in [-0.2, -0.15) is 0 Å². The molecule has 1 unspecified atom stereocenters. The van der Waals surface area contributed by atoms with E-state index in [1.165, 1.54) is 11.1 Å². The minimum absolute atomic E-state index is 0.223. The summed E-state index contributed by atoms with van der Waals surface area (Å²) in [5, 5.41) is 0. The first-order valence-electron chi connectivity index (χ1n) is 6.69. The molecule has 0 fully saturated rings. The lowest BCUT2D eigenvalue weighted by atomic mass is 9.91. The first kappa shape index (κ1) is 14.2. The highest BCUT2D eigenvalue weighted by Gasteiger charge is 2.11. The second kappa shape index (κ2) is 6.80. The van der Waals surface area contributed by atoms with Gasteiger partial charge in [-0.05, 0) is 42.3 Å². The number of allylic oxidation sites excluding steroid dienone is 2. The van der Waals surface area contributed by atoms with Crippen molar-refractivity contribution in [2.75, 3.05) is 14.2 Å². The van der Waals surface area contributed by atoms with Crippen LogP contribution in [0.2, 0.25) is 0 Å². The van der Waals surface area contributed by atoms with Crippen LogP contribution in [0, 0.1) is 0 Å². The van der Waals surface area contributed by atoms with Gasteiger partial charge in [-0.15, -0.1) is 0 Å². The summed E-state index contributed by atoms with van der Waals surface area (Å²) in [6.45, 7) is 2.04. The Labute approximate surface area is 120 Å². The molecule has 2 nitrogen and oxygen atoms in total. The quantitative estimate of drug-likeness (QED) is 0.748. The molecule has 2 heteroatoms. The van der Waals surface area contributed by atoms with Crippen molar-refractivity contribution < 1.29 is 9.47 Å². The highest BCUT2D eigenvalue weighted by atomic mass is 16.5. The molecule has 0 bridgehead atoms. The van der Waals surface area contributed by atoms with Crippen molar-refractivity contribution in [3.05, 3.63) is 71.8 Å². The van der Waals surface area contributed by atoms with Gasteiger partial charge in [-0.3, -0.25) is 0 Å². The van der Waals surface area contributed by atoms with E-state index in [4.69, 9.17) is 9.47 Å². The Bertz CT molecular complexity index is 570. The zero-order valence-electron chi connectivity index (χ0n) is 12.2. The van der Waals surface area contributed by atoms with Gasteiger partial charge in [0.15, 0.2) is 0 Å². The van der Waals surface area contributed by atoms with E-state index in [0.29, 0.717) is 0 Å². The van der Waals surface area contributed by atoms with Gasteiger partial charge in [0.2, 0.25) is 0 Å². The van der Waals surface area contributed by atoms with Crippen molar-refractivity contribution >= 4 is 0 Å². The normalized spacial score (nSPS) is 12.3. The number of rotatable bonds is 5. The molecule has 2 aromatic carbocycles. The summed E-state index contributed by atoms with van der Waals surface area (Å²) in [4.78, 5) is 0. The molecule has 0 aliphatic carbocycles. The second-order valence-corrected chi connectivity index (χ2v) is 4.55. The van der Waals surface area contributed by atoms with Crippen molar-refractivity contribution in [2.24, 2.45) is 0 Å². The molecule has 0 aliphatic heterocycles. The van der Waals surface area contributed by atoms with Gasteiger partial charge in [0, 0.05) is 5.92 Å². The molecule has 0 amide bonds. The maximum Gasteiger partial charge on any atom is 0.119 e. The molecule has 0 heterocycles. The van der Waals surface area contributed by atoms with Gasteiger partial charge in [0.25, 0.3) is 0 Å². The monoisotopic (exact) mass is 268 g/mol. The smallest absolute Gasteiger partial charge is 0.119 e. The van der Waals surface area contributed by atoms with E-state index in [1.54, 1.807) is 14.2 Å². The summed E-state index contributed by atoms with van der Waals surface area (Å²) >= 11 is 0. The lowest BCUT2D eigenvalue weighted by molar-refractivity contribution is 0.414. The number of ether oxygens (including phenoxy) is 2. The van der Waals surface area contributed by atoms with Crippen LogP contribution in [0.1, 0.15) is 24.0 Å². The summed E-state index contributed by atoms with van der Waals surface area (Å²) in [6.07, 6.45) is 4.27. The lowest BCUT2D eigenvalue weighted by Gasteiger charge is -2.15. The topological polar surface area (TPSA) is 18.5 Å². The minimum Gasteiger partial charge on any atom is -0.497 e. The van der Waals surface area contributed by atoms with Gasteiger partial charge in [0.05, 0.1) is 14.2 Å². The van der Waals surface area contributed by atoms with Crippen molar-refractivity contribution in [1.82, 2.24) is 0 Å². The largest absolute Gasteiger partial charge is 0.497 e. The van der Waals surface area contributed by atoms with E-state index < -0.39 is 0 Å². The number of hydrogen-bond donors (Lipinski definition) is 0. The lowest BCUT2D eigenvalue weighted by Crippen LogP contribution is -1.98. The molecule has 1 atom stereocenters. The second-order valence-electron chi connectivity index (χ2n) is 4.55. The molecule has 104 valence electrons. The van der Waals surface area contributed by atoms with Crippen molar-refractivity contribution in [3.63, 3.8) is 0 Å². The van der Waals surface area contributed by atoms with Crippen molar-refractivity contribution in [2.45, 2.75) is 12.8 Å². The molecule has 0 saturated heterocycles. The summed E-state index contributed by atoms with van der Waals surface area (Å²) in [5.41, 5.74) is 2.45. The van der Waals surface area contributed by atoms with E-state index in [1.807, 2.05) is 31.2 Å². The fourth-order valence-corrected chi connectivity index (χ4v) is 2.25. The fraction of sp³-hybridized carbons (Fsp3) is 0.222. The predicted octanol–water partition coefficient (Wildman–Crippen LogP) is 4.41. The van der Waals surface area contributed by atoms with Gasteiger partial charge < -0.3 is 9.47 Å². The maximum atomic E-state index is 5.31. The van der Waals surface area contributed by atoms with Crippen molar-refractivity contribution in [3.8, 4) is 11.5 Å². The van der Waals surface area contributed by atoms with Gasteiger partial charge in [0.1, 0.15) is 11.5 Å². The molecule has 0 aromatic heterocycles. The molecule has 0 spiro atoms. The maximum absolute atomic E-state index is 5.31. The van der Waals surface area contributed by atoms with Gasteiger partial charge >= 0.3 is 0 Å². The molecule has 2 rings (SSSR count). The number of hydrogen-bond acceptors (Lipinski definition) is 2. The SMILES string of the molecule is CC=CC(c1ccc(OC)cc1)c1cccc(OC)c1. The van der Waals surface area contributed by atoms with E-state index in [2.05, 4.69) is 36.4 Å². The summed E-state index contributed by atoms with van der Waals surface area (Å²) in [7, 11) is 3.37. The highest BCUT2D eigenvalue weighted by molar-refractivity contribution is 5.42. The van der Waals surface area contributed by atoms with Crippen LogP contribution in [0.3, 0.4) is 0 Å². The Balaban J connectivity index is 2.38. The van der Waals surface area contributed by atoms with Crippen LogP contribution in [0.5, 0.6) is 11.5 Å². The van der Waals surface area contributed by atoms with E-state index in [9.17, 15) is 0 Å². The average molecular weight is 268 g/mol. The first-order valence-corrected chi connectivity index (χ1v) is 6.69. The van der Waals surface area contributed by atoms with Crippen LogP contribution in [0.25, 0.3) is 0 Å². The van der Waals surface area contributed by atoms with Crippen molar-refractivity contribution in [1.29, 1.82) is 0 Å². The van der Waals surface area contributed by atoms with Crippen LogP contribution >= 0.6 is 0 Å². The molecule has 0 aliphatic rings. The predicted molar refractivity (Wildman–Crippen MR) is 82.6 cm³/mol. The molecule has 0 radical (unpaired) electrons. The third-order valence-electron chi connectivity index (χ3n) is 3.31. The Morgan fingerprint density at radius 3 is 2.15 bits per heavy atom. The molecule has 0 N–H and O–H groups in total. The Morgan fingerprint density at radius 2 is 1.55 bits per heavy atom. The average Bonchev–Trinajstić information content (AvgIpc) is 2.53. The number of benzene rings is 2. The molecular formula is C18H20O2. The van der Waals surface area contributed by atoms with E-state index in [-0.39, 0.29) is 5.92 Å². The molecule has 20 heavy (non-hydrogen) atoms. The molecule has 2 aromatic rings. The summed E-state index contributed by atoms with van der Waals surface area (Å²) in [5.74, 6) is 1.98. The highest BCUT2D eigenvalue weighted by Crippen LogP contribution is 2.29. The van der Waals surface area contributed by atoms with E-state index in [0.717, 1.165) is 11.5 Å².